The van der Waals surface area contributed by atoms with Crippen LogP contribution in [0.5, 0.6) is 0 Å². The lowest BCUT2D eigenvalue weighted by molar-refractivity contribution is -0.115. The van der Waals surface area contributed by atoms with Gasteiger partial charge < -0.3 is 5.32 Å². The van der Waals surface area contributed by atoms with E-state index in [1.54, 1.807) is 44.2 Å². The standard InChI is InChI=1S/C20H25ClN2O5S2/c1-4-13-29(25,26)15(3)20(24)22-16-11-12-18(21)19(14-16)30(27,28)23(5-2)17-9-7-6-8-10-17/h6-12,14-15H,4-5,13H2,1-3H3,(H,22,24). The molecular formula is C20H25ClN2O5S2. The zero-order valence-corrected chi connectivity index (χ0v) is 19.4. The van der Waals surface area contributed by atoms with E-state index in [2.05, 4.69) is 5.32 Å². The number of anilines is 2. The largest absolute Gasteiger partial charge is 0.325 e. The second-order valence-electron chi connectivity index (χ2n) is 6.65. The molecule has 0 aromatic heterocycles. The van der Waals surface area contributed by atoms with Gasteiger partial charge in [0.2, 0.25) is 5.91 Å². The number of carbonyl (C=O) groups is 1. The first-order valence-electron chi connectivity index (χ1n) is 9.44. The minimum absolute atomic E-state index is 0.00552. The van der Waals surface area contributed by atoms with Crippen LogP contribution in [-0.4, -0.2) is 40.3 Å². The number of benzene rings is 2. The Hall–Kier alpha value is -2.10. The molecule has 10 heteroatoms. The molecule has 0 fully saturated rings. The predicted octanol–water partition coefficient (Wildman–Crippen LogP) is 3.71. The number of hydrogen-bond donors (Lipinski definition) is 1. The highest BCUT2D eigenvalue weighted by Crippen LogP contribution is 2.30. The Balaban J connectivity index is 2.38. The minimum atomic E-state index is -4.02. The number of sulfonamides is 1. The average molecular weight is 473 g/mol. The molecule has 1 atom stereocenters. The molecule has 0 saturated heterocycles. The molecule has 164 valence electrons. The summed E-state index contributed by atoms with van der Waals surface area (Å²) in [6.07, 6.45) is 0.398. The molecule has 0 radical (unpaired) electrons. The fourth-order valence-corrected chi connectivity index (χ4v) is 6.14. The van der Waals surface area contributed by atoms with E-state index >= 15 is 0 Å². The topological polar surface area (TPSA) is 101 Å². The van der Waals surface area contributed by atoms with Crippen molar-refractivity contribution in [1.82, 2.24) is 0 Å². The van der Waals surface area contributed by atoms with Gasteiger partial charge in [0.25, 0.3) is 10.0 Å². The van der Waals surface area contributed by atoms with Gasteiger partial charge in [0.05, 0.1) is 16.5 Å². The Bertz CT molecular complexity index is 1100. The van der Waals surface area contributed by atoms with Crippen molar-refractivity contribution in [1.29, 1.82) is 0 Å². The molecule has 0 saturated carbocycles. The van der Waals surface area contributed by atoms with E-state index < -0.39 is 31.0 Å². The van der Waals surface area contributed by atoms with Gasteiger partial charge in [-0.3, -0.25) is 9.10 Å². The Morgan fingerprint density at radius 2 is 1.70 bits per heavy atom. The smallest absolute Gasteiger partial charge is 0.265 e. The molecule has 0 aliphatic rings. The highest BCUT2D eigenvalue weighted by atomic mass is 35.5. The van der Waals surface area contributed by atoms with E-state index in [1.165, 1.54) is 29.4 Å². The molecule has 7 nitrogen and oxygen atoms in total. The number of sulfone groups is 1. The fraction of sp³-hybridized carbons (Fsp3) is 0.350. The SMILES string of the molecule is CCCS(=O)(=O)C(C)C(=O)Nc1ccc(Cl)c(S(=O)(=O)N(CC)c2ccccc2)c1. The highest BCUT2D eigenvalue weighted by Gasteiger charge is 2.29. The van der Waals surface area contributed by atoms with E-state index in [0.29, 0.717) is 12.1 Å². The first kappa shape index (κ1) is 24.2. The van der Waals surface area contributed by atoms with Gasteiger partial charge in [-0.15, -0.1) is 0 Å². The molecule has 1 amide bonds. The second-order valence-corrected chi connectivity index (χ2v) is 11.3. The summed E-state index contributed by atoms with van der Waals surface area (Å²) in [6.45, 7) is 4.89. The first-order chi connectivity index (χ1) is 14.0. The van der Waals surface area contributed by atoms with Crippen LogP contribution in [0.3, 0.4) is 0 Å². The van der Waals surface area contributed by atoms with E-state index in [-0.39, 0.29) is 27.9 Å². The number of carbonyl (C=O) groups excluding carboxylic acids is 1. The highest BCUT2D eigenvalue weighted by molar-refractivity contribution is 7.93. The van der Waals surface area contributed by atoms with Crippen LogP contribution in [0.15, 0.2) is 53.4 Å². The van der Waals surface area contributed by atoms with E-state index in [1.807, 2.05) is 0 Å². The molecule has 0 aliphatic heterocycles. The van der Waals surface area contributed by atoms with Crippen molar-refractivity contribution in [2.75, 3.05) is 21.9 Å². The summed E-state index contributed by atoms with van der Waals surface area (Å²) in [4.78, 5) is 12.2. The van der Waals surface area contributed by atoms with Crippen molar-refractivity contribution in [3.8, 4) is 0 Å². The number of para-hydroxylation sites is 1. The van der Waals surface area contributed by atoms with Crippen molar-refractivity contribution in [3.63, 3.8) is 0 Å². The monoisotopic (exact) mass is 472 g/mol. The maximum absolute atomic E-state index is 13.2. The van der Waals surface area contributed by atoms with Crippen LogP contribution in [0.25, 0.3) is 0 Å². The molecule has 2 aromatic rings. The van der Waals surface area contributed by atoms with Gasteiger partial charge in [0.1, 0.15) is 10.1 Å². The van der Waals surface area contributed by atoms with Crippen molar-refractivity contribution in [2.24, 2.45) is 0 Å². The Kier molecular flexibility index (Phi) is 7.90. The maximum atomic E-state index is 13.2. The summed E-state index contributed by atoms with van der Waals surface area (Å²) >= 11 is 6.17. The van der Waals surface area contributed by atoms with Crippen LogP contribution in [-0.2, 0) is 24.7 Å². The summed E-state index contributed by atoms with van der Waals surface area (Å²) in [5.41, 5.74) is 0.621. The summed E-state index contributed by atoms with van der Waals surface area (Å²) in [6, 6.07) is 12.6. The molecular weight excluding hydrogens is 448 g/mol. The summed E-state index contributed by atoms with van der Waals surface area (Å²) in [5, 5.41) is 1.22. The quantitative estimate of drug-likeness (QED) is 0.599. The summed E-state index contributed by atoms with van der Waals surface area (Å²) in [5.74, 6) is -0.839. The predicted molar refractivity (Wildman–Crippen MR) is 120 cm³/mol. The number of nitrogens with one attached hydrogen (secondary N) is 1. The normalized spacial score (nSPS) is 12.9. The lowest BCUT2D eigenvalue weighted by Gasteiger charge is -2.24. The molecule has 0 heterocycles. The maximum Gasteiger partial charge on any atom is 0.265 e. The molecule has 2 aromatic carbocycles. The van der Waals surface area contributed by atoms with Crippen LogP contribution in [0.1, 0.15) is 27.2 Å². The van der Waals surface area contributed by atoms with Gasteiger partial charge >= 0.3 is 0 Å². The van der Waals surface area contributed by atoms with Gasteiger partial charge in [-0.2, -0.15) is 0 Å². The Morgan fingerprint density at radius 1 is 1.07 bits per heavy atom. The van der Waals surface area contributed by atoms with E-state index in [9.17, 15) is 21.6 Å². The van der Waals surface area contributed by atoms with Gasteiger partial charge in [0.15, 0.2) is 9.84 Å². The van der Waals surface area contributed by atoms with Crippen LogP contribution >= 0.6 is 11.6 Å². The summed E-state index contributed by atoms with van der Waals surface area (Å²) < 4.78 is 52.0. The molecule has 1 N–H and O–H groups in total. The third-order valence-electron chi connectivity index (χ3n) is 4.49. The lowest BCUT2D eigenvalue weighted by atomic mass is 10.3. The zero-order chi connectivity index (χ0) is 22.5. The van der Waals surface area contributed by atoms with E-state index in [4.69, 9.17) is 11.6 Å². The number of amides is 1. The van der Waals surface area contributed by atoms with Gasteiger partial charge in [-0.1, -0.05) is 36.7 Å². The number of halogens is 1. The lowest BCUT2D eigenvalue weighted by Crippen LogP contribution is -2.34. The molecule has 1 unspecified atom stereocenters. The van der Waals surface area contributed by atoms with Crippen molar-refractivity contribution < 1.29 is 21.6 Å². The van der Waals surface area contributed by atoms with E-state index in [0.717, 1.165) is 0 Å². The molecule has 30 heavy (non-hydrogen) atoms. The van der Waals surface area contributed by atoms with Crippen molar-refractivity contribution in [3.05, 3.63) is 53.6 Å². The average Bonchev–Trinajstić information content (AvgIpc) is 2.69. The van der Waals surface area contributed by atoms with Crippen molar-refractivity contribution >= 4 is 48.7 Å². The third kappa shape index (κ3) is 5.33. The Labute approximate surface area is 183 Å². The third-order valence-corrected chi connectivity index (χ3v) is 9.15. The second kappa shape index (κ2) is 9.80. The molecule has 0 bridgehead atoms. The fourth-order valence-electron chi connectivity index (χ4n) is 2.85. The molecule has 0 aliphatic carbocycles. The van der Waals surface area contributed by atoms with Crippen molar-refractivity contribution in [2.45, 2.75) is 37.3 Å². The summed E-state index contributed by atoms with van der Waals surface area (Å²) in [7, 11) is -7.61. The molecule has 0 spiro atoms. The molecule has 2 rings (SSSR count). The van der Waals surface area contributed by atoms with Crippen LogP contribution in [0, 0.1) is 0 Å². The van der Waals surface area contributed by atoms with Crippen LogP contribution in [0.4, 0.5) is 11.4 Å². The number of rotatable bonds is 9. The number of hydrogen-bond acceptors (Lipinski definition) is 5. The van der Waals surface area contributed by atoms with Gasteiger partial charge in [-0.05, 0) is 50.6 Å². The van der Waals surface area contributed by atoms with Gasteiger partial charge in [0, 0.05) is 12.2 Å². The van der Waals surface area contributed by atoms with Crippen LogP contribution < -0.4 is 9.62 Å². The first-order valence-corrected chi connectivity index (χ1v) is 13.0. The minimum Gasteiger partial charge on any atom is -0.325 e. The Morgan fingerprint density at radius 3 is 2.27 bits per heavy atom. The van der Waals surface area contributed by atoms with Gasteiger partial charge in [-0.25, -0.2) is 16.8 Å². The number of nitrogens with zero attached hydrogens (tertiary/aromatic N) is 1. The zero-order valence-electron chi connectivity index (χ0n) is 17.0. The van der Waals surface area contributed by atoms with Crippen LogP contribution in [0.2, 0.25) is 5.02 Å².